The van der Waals surface area contributed by atoms with Gasteiger partial charge in [0.2, 0.25) is 5.89 Å². The van der Waals surface area contributed by atoms with Crippen molar-refractivity contribution in [3.63, 3.8) is 0 Å². The van der Waals surface area contributed by atoms with Crippen molar-refractivity contribution in [2.24, 2.45) is 0 Å². The lowest BCUT2D eigenvalue weighted by molar-refractivity contribution is 0.462. The number of oxazole rings is 1. The van der Waals surface area contributed by atoms with E-state index in [0.29, 0.717) is 30.0 Å². The van der Waals surface area contributed by atoms with Crippen molar-refractivity contribution in [1.29, 1.82) is 0 Å². The normalized spacial score (nSPS) is 22.1. The van der Waals surface area contributed by atoms with Crippen LogP contribution in [0.25, 0.3) is 11.1 Å². The number of rotatable bonds is 3. The van der Waals surface area contributed by atoms with Crippen molar-refractivity contribution in [3.05, 3.63) is 29.9 Å². The fourth-order valence-corrected chi connectivity index (χ4v) is 3.92. The summed E-state index contributed by atoms with van der Waals surface area (Å²) in [6.45, 7) is 0.344. The Hall–Kier alpha value is -1.47. The highest BCUT2D eigenvalue weighted by atomic mass is 32.2. The third-order valence-corrected chi connectivity index (χ3v) is 4.94. The number of hydrogen-bond acceptors (Lipinski definition) is 5. The predicted octanol–water partition coefficient (Wildman–Crippen LogP) is 1.24. The van der Waals surface area contributed by atoms with Crippen molar-refractivity contribution < 1.29 is 17.2 Å². The van der Waals surface area contributed by atoms with Gasteiger partial charge in [0.1, 0.15) is 11.3 Å². The molecule has 1 aromatic carbocycles. The first-order valence-corrected chi connectivity index (χ1v) is 7.83. The monoisotopic (exact) mass is 284 g/mol. The van der Waals surface area contributed by atoms with E-state index in [-0.39, 0.29) is 23.4 Å². The summed E-state index contributed by atoms with van der Waals surface area (Å²) in [5, 5.41) is 3.10. The van der Waals surface area contributed by atoms with Crippen LogP contribution in [-0.2, 0) is 16.4 Å². The minimum Gasteiger partial charge on any atom is -0.439 e. The third kappa shape index (κ3) is 2.76. The highest BCUT2D eigenvalue weighted by Gasteiger charge is 2.27. The first-order chi connectivity index (χ1) is 9.02. The zero-order chi connectivity index (χ0) is 13.5. The van der Waals surface area contributed by atoms with E-state index in [4.69, 9.17) is 4.42 Å². The van der Waals surface area contributed by atoms with Crippen LogP contribution in [0.1, 0.15) is 12.3 Å². The molecule has 1 atom stereocenters. The van der Waals surface area contributed by atoms with Gasteiger partial charge in [-0.2, -0.15) is 0 Å². The van der Waals surface area contributed by atoms with Crippen LogP contribution in [0.2, 0.25) is 0 Å². The lowest BCUT2D eigenvalue weighted by Crippen LogP contribution is -2.29. The van der Waals surface area contributed by atoms with Crippen LogP contribution in [0.15, 0.2) is 22.6 Å². The van der Waals surface area contributed by atoms with E-state index in [1.54, 1.807) is 6.07 Å². The van der Waals surface area contributed by atoms with Crippen molar-refractivity contribution in [1.82, 2.24) is 10.3 Å². The van der Waals surface area contributed by atoms with E-state index in [1.807, 2.05) is 0 Å². The molecular weight excluding hydrogens is 271 g/mol. The Morgan fingerprint density at radius 1 is 1.47 bits per heavy atom. The number of nitrogens with zero attached hydrogens (tertiary/aromatic N) is 1. The van der Waals surface area contributed by atoms with Crippen LogP contribution in [0, 0.1) is 5.82 Å². The molecule has 1 aromatic heterocycles. The molecule has 1 aliphatic heterocycles. The van der Waals surface area contributed by atoms with Gasteiger partial charge in [-0.1, -0.05) is 0 Å². The second kappa shape index (κ2) is 4.57. The second-order valence-electron chi connectivity index (χ2n) is 4.70. The van der Waals surface area contributed by atoms with Gasteiger partial charge < -0.3 is 9.73 Å². The van der Waals surface area contributed by atoms with Crippen molar-refractivity contribution in [2.45, 2.75) is 19.0 Å². The van der Waals surface area contributed by atoms with Gasteiger partial charge >= 0.3 is 0 Å². The van der Waals surface area contributed by atoms with Crippen LogP contribution < -0.4 is 5.32 Å². The molecule has 0 saturated carbocycles. The Bertz CT molecular complexity index is 711. The summed E-state index contributed by atoms with van der Waals surface area (Å²) in [6, 6.07) is 4.10. The molecule has 1 N–H and O–H groups in total. The molecule has 0 bridgehead atoms. The molecule has 0 amide bonds. The summed E-state index contributed by atoms with van der Waals surface area (Å²) in [5.74, 6) is 0.445. The number of benzene rings is 1. The van der Waals surface area contributed by atoms with Gasteiger partial charge in [-0.05, 0) is 18.6 Å². The number of fused-ring (bicyclic) bond motifs is 1. The van der Waals surface area contributed by atoms with E-state index in [1.165, 1.54) is 12.1 Å². The maximum absolute atomic E-state index is 13.0. The summed E-state index contributed by atoms with van der Waals surface area (Å²) in [6.07, 6.45) is 0.608. The summed E-state index contributed by atoms with van der Waals surface area (Å²) < 4.78 is 41.0. The van der Waals surface area contributed by atoms with Gasteiger partial charge in [0.15, 0.2) is 15.4 Å². The molecule has 19 heavy (non-hydrogen) atoms. The molecule has 1 unspecified atom stereocenters. The van der Waals surface area contributed by atoms with E-state index in [2.05, 4.69) is 10.3 Å². The lowest BCUT2D eigenvalue weighted by atomic mass is 10.3. The Balaban J connectivity index is 1.69. The number of sulfone groups is 1. The van der Waals surface area contributed by atoms with Crippen molar-refractivity contribution in [2.75, 3.05) is 11.5 Å². The van der Waals surface area contributed by atoms with Crippen LogP contribution >= 0.6 is 0 Å². The molecule has 1 saturated heterocycles. The Labute approximate surface area is 109 Å². The summed E-state index contributed by atoms with van der Waals surface area (Å²) in [5.41, 5.74) is 0.994. The van der Waals surface area contributed by atoms with E-state index < -0.39 is 9.84 Å². The van der Waals surface area contributed by atoms with Gasteiger partial charge in [-0.15, -0.1) is 0 Å². The third-order valence-electron chi connectivity index (χ3n) is 3.17. The van der Waals surface area contributed by atoms with Crippen molar-refractivity contribution >= 4 is 20.9 Å². The first-order valence-electron chi connectivity index (χ1n) is 6.01. The molecule has 3 rings (SSSR count). The number of aromatic nitrogens is 1. The summed E-state index contributed by atoms with van der Waals surface area (Å²) in [4.78, 5) is 4.21. The average Bonchev–Trinajstić information content (AvgIpc) is 2.89. The molecule has 1 fully saturated rings. The number of hydrogen-bond donors (Lipinski definition) is 1. The second-order valence-corrected chi connectivity index (χ2v) is 6.93. The zero-order valence-electron chi connectivity index (χ0n) is 10.1. The van der Waals surface area contributed by atoms with Crippen LogP contribution in [-0.4, -0.2) is 30.9 Å². The SMILES string of the molecule is O=S1(=O)CCC(NCc2nc3ccc(F)cc3o2)C1. The highest BCUT2D eigenvalue weighted by molar-refractivity contribution is 7.91. The molecule has 7 heteroatoms. The largest absolute Gasteiger partial charge is 0.439 e. The minimum atomic E-state index is -2.89. The Morgan fingerprint density at radius 3 is 3.05 bits per heavy atom. The molecule has 0 aliphatic carbocycles. The smallest absolute Gasteiger partial charge is 0.209 e. The summed E-state index contributed by atoms with van der Waals surface area (Å²) in [7, 11) is -2.89. The van der Waals surface area contributed by atoms with Crippen molar-refractivity contribution in [3.8, 4) is 0 Å². The average molecular weight is 284 g/mol. The topological polar surface area (TPSA) is 72.2 Å². The predicted molar refractivity (Wildman–Crippen MR) is 67.9 cm³/mol. The van der Waals surface area contributed by atoms with Gasteiger partial charge in [0.25, 0.3) is 0 Å². The number of nitrogens with one attached hydrogen (secondary N) is 1. The molecule has 0 radical (unpaired) electrons. The highest BCUT2D eigenvalue weighted by Crippen LogP contribution is 2.17. The van der Waals surface area contributed by atoms with E-state index in [9.17, 15) is 12.8 Å². The van der Waals surface area contributed by atoms with Crippen LogP contribution in [0.3, 0.4) is 0 Å². The Morgan fingerprint density at radius 2 is 2.32 bits per heavy atom. The standard InChI is InChI=1S/C12H13FN2O3S/c13-8-1-2-10-11(5-8)18-12(15-10)6-14-9-3-4-19(16,17)7-9/h1-2,5,9,14H,3-4,6-7H2. The van der Waals surface area contributed by atoms with Gasteiger partial charge in [-0.3, -0.25) is 0 Å². The van der Waals surface area contributed by atoms with Gasteiger partial charge in [0, 0.05) is 12.1 Å². The van der Waals surface area contributed by atoms with E-state index in [0.717, 1.165) is 0 Å². The molecule has 0 spiro atoms. The number of halogens is 1. The van der Waals surface area contributed by atoms with E-state index >= 15 is 0 Å². The minimum absolute atomic E-state index is 0.0586. The molecule has 102 valence electrons. The van der Waals surface area contributed by atoms with Gasteiger partial charge in [-0.25, -0.2) is 17.8 Å². The van der Waals surface area contributed by atoms with Gasteiger partial charge in [0.05, 0.1) is 18.1 Å². The lowest BCUT2D eigenvalue weighted by Gasteiger charge is -2.07. The molecule has 1 aliphatic rings. The summed E-state index contributed by atoms with van der Waals surface area (Å²) >= 11 is 0. The molecular formula is C12H13FN2O3S. The zero-order valence-corrected chi connectivity index (χ0v) is 10.9. The maximum atomic E-state index is 13.0. The fraction of sp³-hybridized carbons (Fsp3) is 0.417. The maximum Gasteiger partial charge on any atom is 0.209 e. The quantitative estimate of drug-likeness (QED) is 0.918. The molecule has 5 nitrogen and oxygen atoms in total. The Kier molecular flexibility index (Phi) is 3.02. The van der Waals surface area contributed by atoms with Crippen LogP contribution in [0.4, 0.5) is 4.39 Å². The van der Waals surface area contributed by atoms with Crippen LogP contribution in [0.5, 0.6) is 0 Å². The first kappa shape index (κ1) is 12.6. The fourth-order valence-electron chi connectivity index (χ4n) is 2.21. The molecule has 2 heterocycles. The molecule has 2 aromatic rings.